The summed E-state index contributed by atoms with van der Waals surface area (Å²) in [7, 11) is 0. The Labute approximate surface area is 209 Å². The first kappa shape index (κ1) is 28.8. The van der Waals surface area contributed by atoms with Gasteiger partial charge in [0, 0.05) is 23.9 Å². The minimum absolute atomic E-state index is 0.143. The van der Waals surface area contributed by atoms with Crippen LogP contribution in [0.5, 0.6) is 0 Å². The number of hydrogen-bond acceptors (Lipinski definition) is 6. The van der Waals surface area contributed by atoms with E-state index in [1.165, 1.54) is 19.3 Å². The van der Waals surface area contributed by atoms with E-state index in [1.807, 2.05) is 20.8 Å². The number of hydrogen-bond donors (Lipinski definition) is 3. The van der Waals surface area contributed by atoms with Crippen LogP contribution in [0.1, 0.15) is 85.5 Å². The molecule has 196 valence electrons. The molecule has 3 atom stereocenters. The van der Waals surface area contributed by atoms with E-state index in [2.05, 4.69) is 17.6 Å². The Morgan fingerprint density at radius 1 is 1.15 bits per heavy atom. The van der Waals surface area contributed by atoms with E-state index in [0.717, 1.165) is 37.9 Å². The zero-order valence-corrected chi connectivity index (χ0v) is 22.4. The molecule has 0 bridgehead atoms. The summed E-state index contributed by atoms with van der Waals surface area (Å²) in [5.41, 5.74) is 6.21. The Bertz CT molecular complexity index is 669. The lowest BCUT2D eigenvalue weighted by Gasteiger charge is -2.37. The number of ether oxygens (including phenoxy) is 1. The minimum Gasteiger partial charge on any atom is -0.450 e. The molecule has 0 unspecified atom stereocenters. The van der Waals surface area contributed by atoms with Crippen LogP contribution in [0.4, 0.5) is 4.79 Å². The highest BCUT2D eigenvalue weighted by Crippen LogP contribution is 2.32. The molecule has 1 aliphatic heterocycles. The number of likely N-dealkylation sites (tertiary alicyclic amines) is 1. The summed E-state index contributed by atoms with van der Waals surface area (Å²) in [6, 6.07) is -1.70. The van der Waals surface area contributed by atoms with Crippen molar-refractivity contribution in [2.24, 2.45) is 11.7 Å². The molecule has 1 saturated carbocycles. The van der Waals surface area contributed by atoms with Gasteiger partial charge < -0.3 is 26.0 Å². The fourth-order valence-corrected chi connectivity index (χ4v) is 5.79. The van der Waals surface area contributed by atoms with Gasteiger partial charge in [-0.3, -0.25) is 9.59 Å². The van der Waals surface area contributed by atoms with E-state index in [4.69, 9.17) is 10.5 Å². The number of amides is 3. The zero-order valence-electron chi connectivity index (χ0n) is 21.6. The molecule has 0 spiro atoms. The summed E-state index contributed by atoms with van der Waals surface area (Å²) in [5, 5.41) is 5.90. The number of unbranched alkanes of at least 4 members (excludes halogenated alkanes) is 1. The SMILES string of the molecule is CCCCOC(=O)N[C@@H](C(=O)N1C[C@H](N)C[C@H]1C(=O)NCC1CCCCC1)C(C)(C)SCCC. The molecular weight excluding hydrogens is 452 g/mol. The highest BCUT2D eigenvalue weighted by molar-refractivity contribution is 8.00. The van der Waals surface area contributed by atoms with E-state index in [9.17, 15) is 14.4 Å². The van der Waals surface area contributed by atoms with Crippen molar-refractivity contribution in [1.29, 1.82) is 0 Å². The predicted octanol–water partition coefficient (Wildman–Crippen LogP) is 3.43. The second kappa shape index (κ2) is 14.2. The molecular formula is C25H46N4O4S. The van der Waals surface area contributed by atoms with E-state index in [0.29, 0.717) is 32.0 Å². The quantitative estimate of drug-likeness (QED) is 0.355. The highest BCUT2D eigenvalue weighted by Gasteiger charge is 2.45. The third-order valence-corrected chi connectivity index (χ3v) is 8.41. The van der Waals surface area contributed by atoms with Crippen molar-refractivity contribution in [3.63, 3.8) is 0 Å². The normalized spacial score (nSPS) is 22.3. The van der Waals surface area contributed by atoms with Gasteiger partial charge in [0.1, 0.15) is 12.1 Å². The van der Waals surface area contributed by atoms with Crippen LogP contribution in [0.3, 0.4) is 0 Å². The summed E-state index contributed by atoms with van der Waals surface area (Å²) in [6.07, 6.45) is 8.45. The van der Waals surface area contributed by atoms with Gasteiger partial charge in [0.15, 0.2) is 0 Å². The second-order valence-electron chi connectivity index (χ2n) is 10.3. The van der Waals surface area contributed by atoms with Gasteiger partial charge in [0.25, 0.3) is 0 Å². The maximum atomic E-state index is 13.8. The predicted molar refractivity (Wildman–Crippen MR) is 138 cm³/mol. The molecule has 9 heteroatoms. The molecule has 3 amide bonds. The maximum absolute atomic E-state index is 13.8. The van der Waals surface area contributed by atoms with Gasteiger partial charge in [-0.15, -0.1) is 0 Å². The van der Waals surface area contributed by atoms with Gasteiger partial charge in [-0.25, -0.2) is 4.79 Å². The molecule has 0 radical (unpaired) electrons. The largest absolute Gasteiger partial charge is 0.450 e. The van der Waals surface area contributed by atoms with Crippen molar-refractivity contribution >= 4 is 29.7 Å². The lowest BCUT2D eigenvalue weighted by atomic mass is 9.89. The van der Waals surface area contributed by atoms with Crippen molar-refractivity contribution < 1.29 is 19.1 Å². The lowest BCUT2D eigenvalue weighted by Crippen LogP contribution is -2.60. The van der Waals surface area contributed by atoms with E-state index >= 15 is 0 Å². The van der Waals surface area contributed by atoms with Crippen LogP contribution in [0.2, 0.25) is 0 Å². The molecule has 34 heavy (non-hydrogen) atoms. The topological polar surface area (TPSA) is 114 Å². The van der Waals surface area contributed by atoms with Crippen LogP contribution in [0.15, 0.2) is 0 Å². The number of carbonyl (C=O) groups is 3. The van der Waals surface area contributed by atoms with Crippen LogP contribution < -0.4 is 16.4 Å². The van der Waals surface area contributed by atoms with Gasteiger partial charge in [-0.1, -0.05) is 39.5 Å². The Hall–Kier alpha value is -1.48. The van der Waals surface area contributed by atoms with E-state index in [1.54, 1.807) is 16.7 Å². The first-order valence-electron chi connectivity index (χ1n) is 13.1. The highest BCUT2D eigenvalue weighted by atomic mass is 32.2. The van der Waals surface area contributed by atoms with Crippen LogP contribution in [-0.4, -0.2) is 71.1 Å². The van der Waals surface area contributed by atoms with Crippen LogP contribution in [-0.2, 0) is 14.3 Å². The van der Waals surface area contributed by atoms with E-state index < -0.39 is 22.9 Å². The second-order valence-corrected chi connectivity index (χ2v) is 12.0. The number of nitrogens with zero attached hydrogens (tertiary/aromatic N) is 1. The van der Waals surface area contributed by atoms with Crippen LogP contribution in [0.25, 0.3) is 0 Å². The number of alkyl carbamates (subject to hydrolysis) is 1. The Morgan fingerprint density at radius 2 is 1.85 bits per heavy atom. The number of nitrogens with two attached hydrogens (primary N) is 1. The van der Waals surface area contributed by atoms with Crippen molar-refractivity contribution in [3.8, 4) is 0 Å². The molecule has 0 aromatic rings. The Kier molecular flexibility index (Phi) is 12.0. The molecule has 2 aliphatic rings. The molecule has 2 rings (SSSR count). The zero-order chi connectivity index (χ0) is 25.1. The molecule has 1 heterocycles. The summed E-state index contributed by atoms with van der Waals surface area (Å²) in [5.74, 6) is 0.948. The molecule has 0 aromatic heterocycles. The summed E-state index contributed by atoms with van der Waals surface area (Å²) in [4.78, 5) is 41.0. The first-order chi connectivity index (χ1) is 16.2. The summed E-state index contributed by atoms with van der Waals surface area (Å²) in [6.45, 7) is 9.28. The van der Waals surface area contributed by atoms with E-state index in [-0.39, 0.29) is 17.9 Å². The Morgan fingerprint density at radius 3 is 2.50 bits per heavy atom. The third-order valence-electron chi connectivity index (χ3n) is 6.82. The minimum atomic E-state index is -0.822. The molecule has 1 aliphatic carbocycles. The van der Waals surface area contributed by atoms with Gasteiger partial charge in [0.2, 0.25) is 11.8 Å². The lowest BCUT2D eigenvalue weighted by molar-refractivity contribution is -0.140. The van der Waals surface area contributed by atoms with Gasteiger partial charge in [-0.2, -0.15) is 11.8 Å². The number of thioether (sulfide) groups is 1. The summed E-state index contributed by atoms with van der Waals surface area (Å²) >= 11 is 1.63. The molecule has 2 fully saturated rings. The third kappa shape index (κ3) is 8.63. The molecule has 1 saturated heterocycles. The van der Waals surface area contributed by atoms with Gasteiger partial charge in [-0.05, 0) is 57.6 Å². The fourth-order valence-electron chi connectivity index (χ4n) is 4.73. The average molecular weight is 499 g/mol. The fraction of sp³-hybridized carbons (Fsp3) is 0.880. The standard InChI is InChI=1S/C25H46N4O4S/c1-5-7-13-33-24(32)28-21(25(3,4)34-14-6-2)23(31)29-17-19(26)15-20(29)22(30)27-16-18-11-9-8-10-12-18/h18-21H,5-17,26H2,1-4H3,(H,27,30)(H,28,32)/t19-,20+,21+/m1/s1. The van der Waals surface area contributed by atoms with Crippen LogP contribution in [0, 0.1) is 5.92 Å². The number of nitrogens with one attached hydrogen (secondary N) is 2. The van der Waals surface area contributed by atoms with Crippen LogP contribution >= 0.6 is 11.8 Å². The molecule has 8 nitrogen and oxygen atoms in total. The Balaban J connectivity index is 2.11. The molecule has 0 aromatic carbocycles. The van der Waals surface area contributed by atoms with Crippen molar-refractivity contribution in [2.45, 2.75) is 108 Å². The summed E-state index contributed by atoms with van der Waals surface area (Å²) < 4.78 is 4.72. The van der Waals surface area contributed by atoms with Crippen molar-refractivity contribution in [3.05, 3.63) is 0 Å². The number of carbonyl (C=O) groups excluding carboxylic acids is 3. The first-order valence-corrected chi connectivity index (χ1v) is 14.1. The van der Waals surface area contributed by atoms with Gasteiger partial charge in [0.05, 0.1) is 6.61 Å². The van der Waals surface area contributed by atoms with Crippen molar-refractivity contribution in [2.75, 3.05) is 25.4 Å². The van der Waals surface area contributed by atoms with Crippen molar-refractivity contribution in [1.82, 2.24) is 15.5 Å². The van der Waals surface area contributed by atoms with Gasteiger partial charge >= 0.3 is 6.09 Å². The average Bonchev–Trinajstić information content (AvgIpc) is 3.22. The monoisotopic (exact) mass is 498 g/mol. The smallest absolute Gasteiger partial charge is 0.407 e. The maximum Gasteiger partial charge on any atom is 0.407 e. The number of rotatable bonds is 12. The molecule has 4 N–H and O–H groups in total.